The maximum Gasteiger partial charge on any atom is 0.263 e. The highest BCUT2D eigenvalue weighted by Gasteiger charge is 2.24. The van der Waals surface area contributed by atoms with E-state index in [4.69, 9.17) is 9.40 Å². The summed E-state index contributed by atoms with van der Waals surface area (Å²) in [6.07, 6.45) is 6.82. The third-order valence-corrected chi connectivity index (χ3v) is 6.28. The second-order valence-corrected chi connectivity index (χ2v) is 7.96. The van der Waals surface area contributed by atoms with Gasteiger partial charge in [0.1, 0.15) is 10.6 Å². The molecule has 0 N–H and O–H groups in total. The van der Waals surface area contributed by atoms with E-state index in [9.17, 15) is 4.79 Å². The highest BCUT2D eigenvalue weighted by Crippen LogP contribution is 2.36. The summed E-state index contributed by atoms with van der Waals surface area (Å²) in [7, 11) is 0. The Morgan fingerprint density at radius 1 is 1.52 bits per heavy atom. The number of hydrogen-bond acceptors (Lipinski definition) is 5. The second-order valence-electron chi connectivity index (χ2n) is 6.10. The Balaban J connectivity index is 1.92. The minimum absolute atomic E-state index is 0.0720. The first-order chi connectivity index (χ1) is 11.2. The lowest BCUT2D eigenvalue weighted by molar-refractivity contribution is 0.476. The summed E-state index contributed by atoms with van der Waals surface area (Å²) in [6.45, 7) is 2.72. The smallest absolute Gasteiger partial charge is 0.263 e. The number of nitrogens with zero attached hydrogens (tertiary/aromatic N) is 2. The lowest BCUT2D eigenvalue weighted by Crippen LogP contribution is -2.24. The Bertz CT molecular complexity index is 909. The van der Waals surface area contributed by atoms with Crippen molar-refractivity contribution in [2.45, 2.75) is 37.9 Å². The van der Waals surface area contributed by atoms with Gasteiger partial charge in [-0.1, -0.05) is 18.7 Å². The molecule has 3 aromatic heterocycles. The van der Waals surface area contributed by atoms with E-state index in [1.54, 1.807) is 22.2 Å². The Morgan fingerprint density at radius 3 is 3.13 bits per heavy atom. The lowest BCUT2D eigenvalue weighted by atomic mass is 9.89. The molecule has 0 spiro atoms. The summed E-state index contributed by atoms with van der Waals surface area (Å²) in [4.78, 5) is 20.1. The van der Waals surface area contributed by atoms with Gasteiger partial charge in [-0.3, -0.25) is 9.36 Å². The van der Waals surface area contributed by atoms with Gasteiger partial charge in [0.25, 0.3) is 5.56 Å². The fourth-order valence-electron chi connectivity index (χ4n) is 3.26. The van der Waals surface area contributed by atoms with Crippen LogP contribution in [-0.2, 0) is 19.4 Å². The molecular weight excluding hydrogens is 328 g/mol. The van der Waals surface area contributed by atoms with E-state index in [-0.39, 0.29) is 5.56 Å². The first-order valence-electron chi connectivity index (χ1n) is 7.79. The van der Waals surface area contributed by atoms with Gasteiger partial charge in [-0.25, -0.2) is 4.98 Å². The van der Waals surface area contributed by atoms with E-state index >= 15 is 0 Å². The fraction of sp³-hybridized carbons (Fsp3) is 0.412. The molecule has 4 rings (SSSR count). The van der Waals surface area contributed by atoms with E-state index in [1.165, 1.54) is 22.2 Å². The average molecular weight is 346 g/mol. The maximum absolute atomic E-state index is 13.1. The number of fused-ring (bicyclic) bond motifs is 3. The third kappa shape index (κ3) is 2.54. The number of aromatic nitrogens is 2. The molecule has 4 nitrogen and oxygen atoms in total. The molecule has 0 saturated heterocycles. The van der Waals surface area contributed by atoms with Crippen molar-refractivity contribution in [2.24, 2.45) is 5.92 Å². The minimum Gasteiger partial charge on any atom is -0.467 e. The molecule has 120 valence electrons. The number of thiophene rings is 1. The molecule has 6 heteroatoms. The summed E-state index contributed by atoms with van der Waals surface area (Å²) in [5.74, 6) is 1.47. The van der Waals surface area contributed by atoms with Gasteiger partial charge in [0, 0.05) is 4.88 Å². The molecule has 0 amide bonds. The van der Waals surface area contributed by atoms with Crippen LogP contribution in [0.25, 0.3) is 10.2 Å². The molecule has 0 aliphatic heterocycles. The Morgan fingerprint density at radius 2 is 2.39 bits per heavy atom. The molecule has 1 aliphatic carbocycles. The molecule has 23 heavy (non-hydrogen) atoms. The summed E-state index contributed by atoms with van der Waals surface area (Å²) < 4.78 is 7.16. The monoisotopic (exact) mass is 346 g/mol. The van der Waals surface area contributed by atoms with E-state index < -0.39 is 0 Å². The summed E-state index contributed by atoms with van der Waals surface area (Å²) in [5, 5.41) is 1.59. The third-order valence-electron chi connectivity index (χ3n) is 4.46. The van der Waals surface area contributed by atoms with Crippen LogP contribution in [0.4, 0.5) is 0 Å². The van der Waals surface area contributed by atoms with Crippen LogP contribution in [0.5, 0.6) is 0 Å². The number of rotatable bonds is 3. The van der Waals surface area contributed by atoms with Crippen LogP contribution in [-0.4, -0.2) is 15.8 Å². The SMILES string of the molecule is CSc1nc2sc3c(c2c(=O)n1Cc1ccco1)CC[C@@H](C)C3. The normalized spacial score (nSPS) is 17.6. The van der Waals surface area contributed by atoms with Gasteiger partial charge in [-0.2, -0.15) is 0 Å². The van der Waals surface area contributed by atoms with Gasteiger partial charge in [-0.15, -0.1) is 11.3 Å². The van der Waals surface area contributed by atoms with Gasteiger partial charge in [0.05, 0.1) is 18.2 Å². The molecule has 0 saturated carbocycles. The van der Waals surface area contributed by atoms with Crippen molar-refractivity contribution in [2.75, 3.05) is 6.26 Å². The molecule has 0 radical (unpaired) electrons. The van der Waals surface area contributed by atoms with Crippen molar-refractivity contribution >= 4 is 33.3 Å². The molecule has 0 fully saturated rings. The molecule has 0 aromatic carbocycles. The van der Waals surface area contributed by atoms with Crippen LogP contribution in [0.3, 0.4) is 0 Å². The van der Waals surface area contributed by atoms with Crippen LogP contribution < -0.4 is 5.56 Å². The molecule has 0 unspecified atom stereocenters. The minimum atomic E-state index is 0.0720. The zero-order valence-electron chi connectivity index (χ0n) is 13.2. The topological polar surface area (TPSA) is 48.0 Å². The van der Waals surface area contributed by atoms with Crippen molar-refractivity contribution in [3.8, 4) is 0 Å². The van der Waals surface area contributed by atoms with Crippen molar-refractivity contribution in [3.63, 3.8) is 0 Å². The van der Waals surface area contributed by atoms with Gasteiger partial charge >= 0.3 is 0 Å². The predicted molar refractivity (Wildman–Crippen MR) is 94.7 cm³/mol. The molecule has 3 heterocycles. The molecule has 1 aliphatic rings. The van der Waals surface area contributed by atoms with E-state index in [2.05, 4.69) is 6.92 Å². The van der Waals surface area contributed by atoms with Crippen molar-refractivity contribution < 1.29 is 4.42 Å². The first kappa shape index (κ1) is 15.0. The van der Waals surface area contributed by atoms with Crippen LogP contribution in [0.15, 0.2) is 32.8 Å². The van der Waals surface area contributed by atoms with Crippen molar-refractivity contribution in [3.05, 3.63) is 45.0 Å². The molecular formula is C17H18N2O2S2. The van der Waals surface area contributed by atoms with Crippen LogP contribution >= 0.6 is 23.1 Å². The number of aryl methyl sites for hydroxylation is 1. The maximum atomic E-state index is 13.1. The quantitative estimate of drug-likeness (QED) is 0.532. The van der Waals surface area contributed by atoms with E-state index in [1.807, 2.05) is 18.4 Å². The predicted octanol–water partition coefficient (Wildman–Crippen LogP) is 3.95. The number of hydrogen-bond donors (Lipinski definition) is 0. The number of furan rings is 1. The van der Waals surface area contributed by atoms with Crippen LogP contribution in [0.2, 0.25) is 0 Å². The zero-order chi connectivity index (χ0) is 16.0. The number of thioether (sulfide) groups is 1. The second kappa shape index (κ2) is 5.83. The van der Waals surface area contributed by atoms with Crippen LogP contribution in [0, 0.1) is 5.92 Å². The largest absolute Gasteiger partial charge is 0.467 e. The van der Waals surface area contributed by atoms with Crippen molar-refractivity contribution in [1.29, 1.82) is 0 Å². The van der Waals surface area contributed by atoms with Gasteiger partial charge < -0.3 is 4.42 Å². The fourth-order valence-corrected chi connectivity index (χ4v) is 5.24. The van der Waals surface area contributed by atoms with Gasteiger partial charge in [0.2, 0.25) is 0 Å². The summed E-state index contributed by atoms with van der Waals surface area (Å²) in [6, 6.07) is 3.74. The zero-order valence-corrected chi connectivity index (χ0v) is 14.8. The van der Waals surface area contributed by atoms with E-state index in [0.717, 1.165) is 40.4 Å². The van der Waals surface area contributed by atoms with E-state index in [0.29, 0.717) is 12.5 Å². The van der Waals surface area contributed by atoms with Gasteiger partial charge in [-0.05, 0) is 49.1 Å². The first-order valence-corrected chi connectivity index (χ1v) is 9.83. The Hall–Kier alpha value is -1.53. The van der Waals surface area contributed by atoms with Crippen LogP contribution in [0.1, 0.15) is 29.5 Å². The highest BCUT2D eigenvalue weighted by atomic mass is 32.2. The van der Waals surface area contributed by atoms with Gasteiger partial charge in [0.15, 0.2) is 5.16 Å². The average Bonchev–Trinajstić information content (AvgIpc) is 3.16. The summed E-state index contributed by atoms with van der Waals surface area (Å²) >= 11 is 3.21. The lowest BCUT2D eigenvalue weighted by Gasteiger charge is -2.17. The highest BCUT2D eigenvalue weighted by molar-refractivity contribution is 7.98. The van der Waals surface area contributed by atoms with Crippen molar-refractivity contribution in [1.82, 2.24) is 9.55 Å². The molecule has 0 bridgehead atoms. The molecule has 3 aromatic rings. The summed E-state index contributed by atoms with van der Waals surface area (Å²) in [5.41, 5.74) is 1.31. The Labute approximate surface area is 142 Å². The standard InChI is InChI=1S/C17H18N2O2S2/c1-10-5-6-12-13(8-10)23-15-14(12)16(20)19(17(18-15)22-2)9-11-4-3-7-21-11/h3-4,7,10H,5-6,8-9H2,1-2H3/t10-/m1/s1. The molecule has 1 atom stereocenters. The Kier molecular flexibility index (Phi) is 3.81.